The van der Waals surface area contributed by atoms with Crippen molar-refractivity contribution in [2.75, 3.05) is 43.4 Å². The molecule has 25 heavy (non-hydrogen) atoms. The molecule has 0 bridgehead atoms. The standard InChI is InChI=1S/C17H20F3N5/c1-12-11-15(22-14-6-4-3-5-13(14)17(18,19)20)23-16(21-12)25-9-7-24(2)8-10-25/h3-6,11H,7-10H2,1-2H3,(H,21,22,23). The van der Waals surface area contributed by atoms with Crippen molar-refractivity contribution in [3.63, 3.8) is 0 Å². The van der Waals surface area contributed by atoms with E-state index in [9.17, 15) is 13.2 Å². The highest BCUT2D eigenvalue weighted by Crippen LogP contribution is 2.35. The number of nitrogens with zero attached hydrogens (tertiary/aromatic N) is 4. The molecule has 2 aromatic rings. The number of anilines is 3. The molecule has 1 fully saturated rings. The van der Waals surface area contributed by atoms with Crippen LogP contribution in [0.5, 0.6) is 0 Å². The Kier molecular flexibility index (Phi) is 4.80. The first kappa shape index (κ1) is 17.5. The lowest BCUT2D eigenvalue weighted by atomic mass is 10.1. The Morgan fingerprint density at radius 3 is 2.40 bits per heavy atom. The van der Waals surface area contributed by atoms with Gasteiger partial charge in [-0.15, -0.1) is 0 Å². The zero-order valence-electron chi connectivity index (χ0n) is 14.1. The number of halogens is 3. The van der Waals surface area contributed by atoms with Crippen LogP contribution in [0, 0.1) is 6.92 Å². The minimum atomic E-state index is -4.42. The van der Waals surface area contributed by atoms with Crippen LogP contribution in [0.25, 0.3) is 0 Å². The number of likely N-dealkylation sites (N-methyl/N-ethyl adjacent to an activating group) is 1. The van der Waals surface area contributed by atoms with Crippen molar-refractivity contribution in [2.45, 2.75) is 13.1 Å². The summed E-state index contributed by atoms with van der Waals surface area (Å²) in [4.78, 5) is 13.1. The molecule has 3 rings (SSSR count). The van der Waals surface area contributed by atoms with E-state index in [2.05, 4.69) is 27.2 Å². The van der Waals surface area contributed by atoms with E-state index in [0.717, 1.165) is 32.2 Å². The Labute approximate surface area is 144 Å². The fraction of sp³-hybridized carbons (Fsp3) is 0.412. The molecule has 0 amide bonds. The van der Waals surface area contributed by atoms with E-state index in [-0.39, 0.29) is 5.69 Å². The quantitative estimate of drug-likeness (QED) is 0.919. The van der Waals surface area contributed by atoms with Crippen molar-refractivity contribution in [1.82, 2.24) is 14.9 Å². The molecule has 1 aliphatic rings. The summed E-state index contributed by atoms with van der Waals surface area (Å²) >= 11 is 0. The van der Waals surface area contributed by atoms with E-state index in [0.29, 0.717) is 17.5 Å². The van der Waals surface area contributed by atoms with Gasteiger partial charge in [0.2, 0.25) is 5.95 Å². The molecule has 0 spiro atoms. The zero-order chi connectivity index (χ0) is 18.0. The summed E-state index contributed by atoms with van der Waals surface area (Å²) < 4.78 is 39.5. The normalized spacial score (nSPS) is 16.1. The molecule has 8 heteroatoms. The van der Waals surface area contributed by atoms with Gasteiger partial charge in [-0.3, -0.25) is 0 Å². The Balaban J connectivity index is 1.87. The monoisotopic (exact) mass is 351 g/mol. The second-order valence-corrected chi connectivity index (χ2v) is 6.15. The number of nitrogens with one attached hydrogen (secondary N) is 1. The fourth-order valence-electron chi connectivity index (χ4n) is 2.74. The van der Waals surface area contributed by atoms with Gasteiger partial charge < -0.3 is 15.1 Å². The van der Waals surface area contributed by atoms with E-state index in [1.807, 2.05) is 11.8 Å². The number of alkyl halides is 3. The van der Waals surface area contributed by atoms with Crippen molar-refractivity contribution < 1.29 is 13.2 Å². The number of aryl methyl sites for hydroxylation is 1. The SMILES string of the molecule is Cc1cc(Nc2ccccc2C(F)(F)F)nc(N2CCN(C)CC2)n1. The molecule has 0 aliphatic carbocycles. The number of hydrogen-bond acceptors (Lipinski definition) is 5. The molecule has 0 radical (unpaired) electrons. The third kappa shape index (κ3) is 4.19. The van der Waals surface area contributed by atoms with Gasteiger partial charge in [0, 0.05) is 37.9 Å². The average Bonchev–Trinajstić information content (AvgIpc) is 2.54. The summed E-state index contributed by atoms with van der Waals surface area (Å²) in [5.74, 6) is 0.901. The fourth-order valence-corrected chi connectivity index (χ4v) is 2.74. The highest BCUT2D eigenvalue weighted by molar-refractivity contribution is 5.62. The van der Waals surface area contributed by atoms with Crippen LogP contribution in [-0.2, 0) is 6.18 Å². The van der Waals surface area contributed by atoms with Gasteiger partial charge in [0.15, 0.2) is 0 Å². The first-order chi connectivity index (χ1) is 11.8. The van der Waals surface area contributed by atoms with Crippen LogP contribution in [0.15, 0.2) is 30.3 Å². The number of aromatic nitrogens is 2. The van der Waals surface area contributed by atoms with Crippen LogP contribution in [0.1, 0.15) is 11.3 Å². The molecule has 1 aliphatic heterocycles. The molecule has 0 unspecified atom stereocenters. The lowest BCUT2D eigenvalue weighted by molar-refractivity contribution is -0.136. The maximum absolute atomic E-state index is 13.2. The Bertz CT molecular complexity index is 739. The van der Waals surface area contributed by atoms with E-state index in [4.69, 9.17) is 0 Å². The van der Waals surface area contributed by atoms with Crippen LogP contribution in [0.2, 0.25) is 0 Å². The summed E-state index contributed by atoms with van der Waals surface area (Å²) in [6.45, 7) is 5.19. The lowest BCUT2D eigenvalue weighted by Crippen LogP contribution is -2.45. The summed E-state index contributed by atoms with van der Waals surface area (Å²) in [6, 6.07) is 7.03. The smallest absolute Gasteiger partial charge is 0.340 e. The van der Waals surface area contributed by atoms with Crippen LogP contribution in [-0.4, -0.2) is 48.1 Å². The molecule has 2 heterocycles. The maximum atomic E-state index is 13.2. The van der Waals surface area contributed by atoms with Gasteiger partial charge in [-0.05, 0) is 26.1 Å². The topological polar surface area (TPSA) is 44.3 Å². The summed E-state index contributed by atoms with van der Waals surface area (Å²) in [6.07, 6.45) is -4.42. The van der Waals surface area contributed by atoms with Gasteiger partial charge in [0.25, 0.3) is 0 Å². The van der Waals surface area contributed by atoms with E-state index in [1.165, 1.54) is 12.1 Å². The van der Waals surface area contributed by atoms with Crippen LogP contribution >= 0.6 is 0 Å². The molecule has 1 aromatic heterocycles. The average molecular weight is 351 g/mol. The highest BCUT2D eigenvalue weighted by Gasteiger charge is 2.33. The lowest BCUT2D eigenvalue weighted by Gasteiger charge is -2.32. The third-order valence-corrected chi connectivity index (χ3v) is 4.12. The third-order valence-electron chi connectivity index (χ3n) is 4.12. The largest absolute Gasteiger partial charge is 0.418 e. The molecular weight excluding hydrogens is 331 g/mol. The maximum Gasteiger partial charge on any atom is 0.418 e. The summed E-state index contributed by atoms with van der Waals surface area (Å²) in [7, 11) is 2.05. The van der Waals surface area contributed by atoms with Gasteiger partial charge in [-0.2, -0.15) is 18.2 Å². The van der Waals surface area contributed by atoms with E-state index < -0.39 is 11.7 Å². The number of benzene rings is 1. The minimum absolute atomic E-state index is 0.0163. The number of rotatable bonds is 3. The first-order valence-electron chi connectivity index (χ1n) is 8.05. The minimum Gasteiger partial charge on any atom is -0.340 e. The van der Waals surface area contributed by atoms with Crippen LogP contribution in [0.4, 0.5) is 30.6 Å². The van der Waals surface area contributed by atoms with Crippen molar-refractivity contribution in [3.8, 4) is 0 Å². The number of para-hydroxylation sites is 1. The predicted octanol–water partition coefficient (Wildman–Crippen LogP) is 3.30. The summed E-state index contributed by atoms with van der Waals surface area (Å²) in [5, 5.41) is 2.80. The van der Waals surface area contributed by atoms with E-state index >= 15 is 0 Å². The van der Waals surface area contributed by atoms with Gasteiger partial charge in [0.05, 0.1) is 11.3 Å². The predicted molar refractivity (Wildman–Crippen MR) is 91.2 cm³/mol. The zero-order valence-corrected chi connectivity index (χ0v) is 14.1. The highest BCUT2D eigenvalue weighted by atomic mass is 19.4. The molecule has 134 valence electrons. The van der Waals surface area contributed by atoms with Crippen LogP contribution < -0.4 is 10.2 Å². The molecule has 1 saturated heterocycles. The molecule has 1 N–H and O–H groups in total. The molecule has 1 aromatic carbocycles. The molecule has 0 atom stereocenters. The molecule has 5 nitrogen and oxygen atoms in total. The summed E-state index contributed by atoms with van der Waals surface area (Å²) in [5.41, 5.74) is -0.0271. The number of hydrogen-bond donors (Lipinski definition) is 1. The van der Waals surface area contributed by atoms with Crippen molar-refractivity contribution in [3.05, 3.63) is 41.6 Å². The van der Waals surface area contributed by atoms with Gasteiger partial charge in [0.1, 0.15) is 5.82 Å². The first-order valence-corrected chi connectivity index (χ1v) is 8.05. The van der Waals surface area contributed by atoms with Crippen LogP contribution in [0.3, 0.4) is 0 Å². The van der Waals surface area contributed by atoms with Gasteiger partial charge in [-0.25, -0.2) is 4.98 Å². The van der Waals surface area contributed by atoms with E-state index in [1.54, 1.807) is 12.1 Å². The second-order valence-electron chi connectivity index (χ2n) is 6.15. The Morgan fingerprint density at radius 1 is 1.04 bits per heavy atom. The van der Waals surface area contributed by atoms with Crippen molar-refractivity contribution in [2.24, 2.45) is 0 Å². The second kappa shape index (κ2) is 6.87. The van der Waals surface area contributed by atoms with Gasteiger partial charge >= 0.3 is 6.18 Å². The van der Waals surface area contributed by atoms with Crippen molar-refractivity contribution in [1.29, 1.82) is 0 Å². The number of piperazine rings is 1. The molecular formula is C17H20F3N5. The van der Waals surface area contributed by atoms with Crippen molar-refractivity contribution >= 4 is 17.5 Å². The molecule has 0 saturated carbocycles. The van der Waals surface area contributed by atoms with Gasteiger partial charge in [-0.1, -0.05) is 12.1 Å². The Hall–Kier alpha value is -2.35. The Morgan fingerprint density at radius 2 is 1.72 bits per heavy atom.